The SMILES string of the molecule is CCc1nn(C)c(CNc2c(F)cccc2Br)c1Cl. The molecule has 2 rings (SSSR count). The zero-order valence-electron chi connectivity index (χ0n) is 10.7. The van der Waals surface area contributed by atoms with E-state index in [-0.39, 0.29) is 5.82 Å². The Labute approximate surface area is 124 Å². The number of benzene rings is 1. The lowest BCUT2D eigenvalue weighted by Crippen LogP contribution is -2.07. The van der Waals surface area contributed by atoms with Crippen molar-refractivity contribution in [3.8, 4) is 0 Å². The number of nitrogens with zero attached hydrogens (tertiary/aromatic N) is 2. The molecule has 1 aromatic heterocycles. The highest BCUT2D eigenvalue weighted by Gasteiger charge is 2.14. The van der Waals surface area contributed by atoms with Gasteiger partial charge >= 0.3 is 0 Å². The normalized spacial score (nSPS) is 10.8. The fourth-order valence-electron chi connectivity index (χ4n) is 1.85. The standard InChI is InChI=1S/C13H14BrClFN3/c1-3-10-12(15)11(19(2)18-10)7-17-13-8(14)5-4-6-9(13)16/h4-6,17H,3,7H2,1-2H3. The first-order chi connectivity index (χ1) is 9.04. The number of aromatic nitrogens is 2. The summed E-state index contributed by atoms with van der Waals surface area (Å²) in [6.45, 7) is 2.42. The summed E-state index contributed by atoms with van der Waals surface area (Å²) in [4.78, 5) is 0. The molecule has 0 amide bonds. The third kappa shape index (κ3) is 2.92. The van der Waals surface area contributed by atoms with Gasteiger partial charge in [0.25, 0.3) is 0 Å². The molecule has 19 heavy (non-hydrogen) atoms. The quantitative estimate of drug-likeness (QED) is 0.901. The van der Waals surface area contributed by atoms with Crippen LogP contribution in [0.25, 0.3) is 0 Å². The molecule has 0 atom stereocenters. The van der Waals surface area contributed by atoms with E-state index >= 15 is 0 Å². The molecule has 102 valence electrons. The van der Waals surface area contributed by atoms with Gasteiger partial charge in [-0.05, 0) is 34.5 Å². The molecule has 1 heterocycles. The largest absolute Gasteiger partial charge is 0.376 e. The zero-order chi connectivity index (χ0) is 14.0. The van der Waals surface area contributed by atoms with Crippen molar-refractivity contribution < 1.29 is 4.39 Å². The van der Waals surface area contributed by atoms with Crippen LogP contribution >= 0.6 is 27.5 Å². The van der Waals surface area contributed by atoms with Gasteiger partial charge in [-0.2, -0.15) is 5.10 Å². The van der Waals surface area contributed by atoms with Crippen LogP contribution in [0.5, 0.6) is 0 Å². The molecule has 1 aromatic carbocycles. The molecule has 0 bridgehead atoms. The van der Waals surface area contributed by atoms with Crippen molar-refractivity contribution in [1.82, 2.24) is 9.78 Å². The Kier molecular flexibility index (Phi) is 4.47. The van der Waals surface area contributed by atoms with Crippen molar-refractivity contribution in [2.75, 3.05) is 5.32 Å². The number of anilines is 1. The molecule has 0 saturated heterocycles. The van der Waals surface area contributed by atoms with Crippen molar-refractivity contribution in [2.24, 2.45) is 7.05 Å². The predicted molar refractivity (Wildman–Crippen MR) is 79.0 cm³/mol. The first kappa shape index (κ1) is 14.3. The average molecular weight is 347 g/mol. The number of hydrogen-bond donors (Lipinski definition) is 1. The van der Waals surface area contributed by atoms with E-state index in [4.69, 9.17) is 11.6 Å². The Morgan fingerprint density at radius 3 is 2.79 bits per heavy atom. The monoisotopic (exact) mass is 345 g/mol. The summed E-state index contributed by atoms with van der Waals surface area (Å²) in [6, 6.07) is 4.85. The number of hydrogen-bond acceptors (Lipinski definition) is 2. The third-order valence-electron chi connectivity index (χ3n) is 2.90. The molecule has 0 fully saturated rings. The molecule has 0 aliphatic heterocycles. The maximum atomic E-state index is 13.7. The van der Waals surface area contributed by atoms with Crippen LogP contribution in [0.15, 0.2) is 22.7 Å². The van der Waals surface area contributed by atoms with Gasteiger partial charge in [0.2, 0.25) is 0 Å². The lowest BCUT2D eigenvalue weighted by Gasteiger charge is -2.10. The van der Waals surface area contributed by atoms with Crippen LogP contribution in [-0.4, -0.2) is 9.78 Å². The third-order valence-corrected chi connectivity index (χ3v) is 4.00. The van der Waals surface area contributed by atoms with Crippen molar-refractivity contribution in [3.05, 3.63) is 44.9 Å². The van der Waals surface area contributed by atoms with Gasteiger partial charge in [-0.15, -0.1) is 0 Å². The molecule has 0 radical (unpaired) electrons. The van der Waals surface area contributed by atoms with Crippen LogP contribution < -0.4 is 5.32 Å². The number of nitrogens with one attached hydrogen (secondary N) is 1. The molecule has 0 unspecified atom stereocenters. The minimum absolute atomic E-state index is 0.302. The number of halogens is 3. The number of para-hydroxylation sites is 1. The second-order valence-electron chi connectivity index (χ2n) is 4.13. The van der Waals surface area contributed by atoms with Crippen molar-refractivity contribution >= 4 is 33.2 Å². The smallest absolute Gasteiger partial charge is 0.147 e. The highest BCUT2D eigenvalue weighted by Crippen LogP contribution is 2.27. The van der Waals surface area contributed by atoms with Crippen LogP contribution in [0.1, 0.15) is 18.3 Å². The van der Waals surface area contributed by atoms with Gasteiger partial charge in [0.15, 0.2) is 0 Å². The second-order valence-corrected chi connectivity index (χ2v) is 5.37. The topological polar surface area (TPSA) is 29.9 Å². The van der Waals surface area contributed by atoms with Crippen LogP contribution in [0.2, 0.25) is 5.02 Å². The van der Waals surface area contributed by atoms with Crippen molar-refractivity contribution in [2.45, 2.75) is 19.9 Å². The minimum Gasteiger partial charge on any atom is -0.376 e. The van der Waals surface area contributed by atoms with Gasteiger partial charge < -0.3 is 5.32 Å². The lowest BCUT2D eigenvalue weighted by atomic mass is 10.2. The maximum absolute atomic E-state index is 13.7. The molecule has 0 spiro atoms. The summed E-state index contributed by atoms with van der Waals surface area (Å²) < 4.78 is 16.1. The van der Waals surface area contributed by atoms with Gasteiger partial charge in [-0.1, -0.05) is 24.6 Å². The molecule has 0 saturated carbocycles. The summed E-state index contributed by atoms with van der Waals surface area (Å²) in [5.74, 6) is -0.302. The van der Waals surface area contributed by atoms with E-state index in [1.165, 1.54) is 6.07 Å². The van der Waals surface area contributed by atoms with E-state index in [9.17, 15) is 4.39 Å². The molecule has 0 aliphatic rings. The minimum atomic E-state index is -0.302. The van der Waals surface area contributed by atoms with Crippen LogP contribution in [0.4, 0.5) is 10.1 Å². The molecule has 0 aliphatic carbocycles. The van der Waals surface area contributed by atoms with Gasteiger partial charge in [0, 0.05) is 11.5 Å². The number of rotatable bonds is 4. The zero-order valence-corrected chi connectivity index (χ0v) is 13.0. The van der Waals surface area contributed by atoms with Crippen LogP contribution in [0, 0.1) is 5.82 Å². The molecular formula is C13H14BrClFN3. The summed E-state index contributed by atoms with van der Waals surface area (Å²) in [5, 5.41) is 8.02. The highest BCUT2D eigenvalue weighted by molar-refractivity contribution is 9.10. The highest BCUT2D eigenvalue weighted by atomic mass is 79.9. The fraction of sp³-hybridized carbons (Fsp3) is 0.308. The summed E-state index contributed by atoms with van der Waals surface area (Å²) >= 11 is 9.57. The molecule has 2 aromatic rings. The summed E-state index contributed by atoms with van der Waals surface area (Å²) in [6.07, 6.45) is 0.774. The van der Waals surface area contributed by atoms with Gasteiger partial charge in [0.05, 0.1) is 28.6 Å². The van der Waals surface area contributed by atoms with Crippen LogP contribution in [-0.2, 0) is 20.0 Å². The van der Waals surface area contributed by atoms with Crippen LogP contribution in [0.3, 0.4) is 0 Å². The Balaban J connectivity index is 2.22. The maximum Gasteiger partial charge on any atom is 0.147 e. The number of aryl methyl sites for hydroxylation is 2. The van der Waals surface area contributed by atoms with E-state index in [0.717, 1.165) is 17.8 Å². The molecule has 6 heteroatoms. The summed E-state index contributed by atoms with van der Waals surface area (Å²) in [7, 11) is 1.83. The van der Waals surface area contributed by atoms with Crippen molar-refractivity contribution in [3.63, 3.8) is 0 Å². The molecule has 1 N–H and O–H groups in total. The first-order valence-electron chi connectivity index (χ1n) is 5.92. The van der Waals surface area contributed by atoms with Crippen molar-refractivity contribution in [1.29, 1.82) is 0 Å². The first-order valence-corrected chi connectivity index (χ1v) is 7.09. The lowest BCUT2D eigenvalue weighted by molar-refractivity contribution is 0.628. The Bertz CT molecular complexity index is 578. The fourth-order valence-corrected chi connectivity index (χ4v) is 2.69. The predicted octanol–water partition coefficient (Wildman–Crippen LogP) is 4.15. The van der Waals surface area contributed by atoms with E-state index in [0.29, 0.717) is 21.7 Å². The van der Waals surface area contributed by atoms with E-state index in [1.807, 2.05) is 14.0 Å². The van der Waals surface area contributed by atoms with E-state index in [2.05, 4.69) is 26.3 Å². The Hall–Kier alpha value is -1.07. The Morgan fingerprint density at radius 2 is 2.21 bits per heavy atom. The van der Waals surface area contributed by atoms with Gasteiger partial charge in [-0.3, -0.25) is 4.68 Å². The summed E-state index contributed by atoms with van der Waals surface area (Å²) in [5.41, 5.74) is 2.13. The Morgan fingerprint density at radius 1 is 1.47 bits per heavy atom. The average Bonchev–Trinajstić information content (AvgIpc) is 2.65. The second kappa shape index (κ2) is 5.92. The molecular weight excluding hydrogens is 333 g/mol. The van der Waals surface area contributed by atoms with E-state index in [1.54, 1.807) is 16.8 Å². The van der Waals surface area contributed by atoms with Gasteiger partial charge in [0.1, 0.15) is 5.82 Å². The van der Waals surface area contributed by atoms with Gasteiger partial charge in [-0.25, -0.2) is 4.39 Å². The molecule has 3 nitrogen and oxygen atoms in total. The van der Waals surface area contributed by atoms with E-state index < -0.39 is 0 Å².